The third-order valence-electron chi connectivity index (χ3n) is 5.80. The lowest BCUT2D eigenvalue weighted by Crippen LogP contribution is -2.57. The molecule has 4 atom stereocenters. The molecule has 3 N–H and O–H groups in total. The number of nitrogens with one attached hydrogen (secondary N) is 2. The molecule has 1 aromatic heterocycles. The molecule has 7 nitrogen and oxygen atoms in total. The molecule has 2 heterocycles. The van der Waals surface area contributed by atoms with Crippen molar-refractivity contribution in [2.24, 2.45) is 5.41 Å². The maximum atomic E-state index is 13.4. The quantitative estimate of drug-likeness (QED) is 0.263. The summed E-state index contributed by atoms with van der Waals surface area (Å²) in [6, 6.07) is 6.91. The number of β-amino-alcohol motifs (C(OH)–C–C–N with tert-alkyl or cyclic N) is 1. The van der Waals surface area contributed by atoms with Crippen LogP contribution in [0.15, 0.2) is 29.8 Å². The van der Waals surface area contributed by atoms with Gasteiger partial charge < -0.3 is 15.3 Å². The number of alkyl halides is 1. The number of aryl methyl sites for hydroxylation is 1. The number of aliphatic hydroxyl groups excluding tert-OH is 1. The zero-order valence-electron chi connectivity index (χ0n) is 19.8. The molecule has 2 aromatic rings. The van der Waals surface area contributed by atoms with Crippen LogP contribution in [0.5, 0.6) is 0 Å². The van der Waals surface area contributed by atoms with Gasteiger partial charge in [-0.3, -0.25) is 14.9 Å². The average Bonchev–Trinajstić information content (AvgIpc) is 3.35. The summed E-state index contributed by atoms with van der Waals surface area (Å²) in [6.45, 7) is 10.5. The number of aromatic nitrogens is 1. The summed E-state index contributed by atoms with van der Waals surface area (Å²) in [6.07, 6.45) is -0.457. The van der Waals surface area contributed by atoms with Crippen molar-refractivity contribution in [3.05, 3.63) is 41.0 Å². The molecule has 0 aliphatic carbocycles. The smallest absolute Gasteiger partial charge is 0.243 e. The van der Waals surface area contributed by atoms with Crippen molar-refractivity contribution in [3.63, 3.8) is 0 Å². The molecule has 0 radical (unpaired) electrons. The van der Waals surface area contributed by atoms with Crippen LogP contribution in [0.4, 0.5) is 0 Å². The summed E-state index contributed by atoms with van der Waals surface area (Å²) in [5.41, 5.74) is 4.58. The van der Waals surface area contributed by atoms with Crippen molar-refractivity contribution in [3.8, 4) is 10.4 Å². The summed E-state index contributed by atoms with van der Waals surface area (Å²) in [5.74, 6) is -0.385. The van der Waals surface area contributed by atoms with Crippen molar-refractivity contribution < 1.29 is 14.7 Å². The van der Waals surface area contributed by atoms with Crippen molar-refractivity contribution in [1.29, 1.82) is 0 Å². The van der Waals surface area contributed by atoms with Crippen LogP contribution >= 0.6 is 33.9 Å². The van der Waals surface area contributed by atoms with Gasteiger partial charge in [0.15, 0.2) is 0 Å². The third-order valence-corrected chi connectivity index (χ3v) is 7.14. The van der Waals surface area contributed by atoms with E-state index in [1.165, 1.54) is 4.90 Å². The fourth-order valence-corrected chi connectivity index (χ4v) is 5.22. The van der Waals surface area contributed by atoms with E-state index in [-0.39, 0.29) is 34.2 Å². The highest BCUT2D eigenvalue weighted by molar-refractivity contribution is 14.1. The fraction of sp³-hybridized carbons (Fsp3) is 0.542. The van der Waals surface area contributed by atoms with Gasteiger partial charge in [0.2, 0.25) is 11.8 Å². The van der Waals surface area contributed by atoms with Crippen LogP contribution in [0.2, 0.25) is 0 Å². The molecular weight excluding hydrogens is 551 g/mol. The van der Waals surface area contributed by atoms with E-state index in [2.05, 4.69) is 38.2 Å². The number of halogens is 1. The molecule has 1 aromatic carbocycles. The molecule has 2 amide bonds. The fourth-order valence-electron chi connectivity index (χ4n) is 4.05. The normalized spacial score (nSPS) is 20.5. The Morgan fingerprint density at radius 2 is 1.97 bits per heavy atom. The first-order valence-corrected chi connectivity index (χ1v) is 13.3. The van der Waals surface area contributed by atoms with Crippen LogP contribution in [0.3, 0.4) is 0 Å². The third kappa shape index (κ3) is 6.52. The Balaban J connectivity index is 1.66. The Labute approximate surface area is 213 Å². The van der Waals surface area contributed by atoms with Gasteiger partial charge in [-0.25, -0.2) is 4.98 Å². The predicted molar refractivity (Wildman–Crippen MR) is 140 cm³/mol. The lowest BCUT2D eigenvalue weighted by Gasteiger charge is -2.36. The SMILES string of the molecule is Cc1ncsc1-c1ccc(CNC(=O)[C@@H]2CC(O)CN2C(=O)[C@@H](NC(C)I)C(C)(C)C)cc1. The molecule has 1 saturated heterocycles. The van der Waals surface area contributed by atoms with Crippen LogP contribution < -0.4 is 10.6 Å². The van der Waals surface area contributed by atoms with E-state index < -0.39 is 18.2 Å². The summed E-state index contributed by atoms with van der Waals surface area (Å²) in [4.78, 5) is 33.4. The predicted octanol–water partition coefficient (Wildman–Crippen LogP) is 3.48. The number of carbonyl (C=O) groups is 2. The van der Waals surface area contributed by atoms with Gasteiger partial charge in [-0.05, 0) is 30.4 Å². The lowest BCUT2D eigenvalue weighted by molar-refractivity contribution is -0.142. The molecular formula is C24H33IN4O3S. The number of hydrogen-bond donors (Lipinski definition) is 3. The van der Waals surface area contributed by atoms with Gasteiger partial charge in [-0.1, -0.05) is 67.6 Å². The van der Waals surface area contributed by atoms with Crippen molar-refractivity contribution in [2.45, 2.75) is 69.8 Å². The first kappa shape index (κ1) is 26.1. The topological polar surface area (TPSA) is 94.6 Å². The zero-order valence-corrected chi connectivity index (χ0v) is 22.7. The number of thiazole rings is 1. The van der Waals surface area contributed by atoms with Crippen LogP contribution in [-0.4, -0.2) is 55.6 Å². The molecule has 0 bridgehead atoms. The Kier molecular flexibility index (Phi) is 8.52. The van der Waals surface area contributed by atoms with Crippen molar-refractivity contribution in [1.82, 2.24) is 20.5 Å². The van der Waals surface area contributed by atoms with E-state index in [1.54, 1.807) is 11.3 Å². The molecule has 0 saturated carbocycles. The molecule has 1 fully saturated rings. The van der Waals surface area contributed by atoms with Gasteiger partial charge in [0.25, 0.3) is 0 Å². The highest BCUT2D eigenvalue weighted by Crippen LogP contribution is 2.28. The van der Waals surface area contributed by atoms with Crippen LogP contribution in [-0.2, 0) is 16.1 Å². The Bertz CT molecular complexity index is 971. The van der Waals surface area contributed by atoms with E-state index in [9.17, 15) is 14.7 Å². The monoisotopic (exact) mass is 584 g/mol. The van der Waals surface area contributed by atoms with Gasteiger partial charge in [0.05, 0.1) is 32.3 Å². The maximum Gasteiger partial charge on any atom is 0.243 e. The van der Waals surface area contributed by atoms with E-state index in [0.29, 0.717) is 6.54 Å². The van der Waals surface area contributed by atoms with Gasteiger partial charge in [0, 0.05) is 19.5 Å². The average molecular weight is 585 g/mol. The van der Waals surface area contributed by atoms with Gasteiger partial charge in [-0.2, -0.15) is 0 Å². The minimum Gasteiger partial charge on any atom is -0.391 e. The van der Waals surface area contributed by atoms with Crippen LogP contribution in [0.1, 0.15) is 45.4 Å². The van der Waals surface area contributed by atoms with Gasteiger partial charge in [0.1, 0.15) is 6.04 Å². The largest absolute Gasteiger partial charge is 0.391 e. The molecule has 1 aliphatic heterocycles. The second kappa shape index (κ2) is 10.8. The van der Waals surface area contributed by atoms with Crippen LogP contribution in [0.25, 0.3) is 10.4 Å². The van der Waals surface area contributed by atoms with Gasteiger partial charge in [-0.15, -0.1) is 11.3 Å². The number of rotatable bonds is 7. The highest BCUT2D eigenvalue weighted by atomic mass is 127. The molecule has 0 spiro atoms. The van der Waals surface area contributed by atoms with Crippen LogP contribution in [0, 0.1) is 12.3 Å². The summed E-state index contributed by atoms with van der Waals surface area (Å²) >= 11 is 3.84. The van der Waals surface area contributed by atoms with Crippen molar-refractivity contribution in [2.75, 3.05) is 6.54 Å². The molecule has 2 unspecified atom stereocenters. The number of benzene rings is 1. The first-order valence-electron chi connectivity index (χ1n) is 11.1. The Morgan fingerprint density at radius 3 is 2.52 bits per heavy atom. The minimum absolute atomic E-state index is 0.0901. The highest BCUT2D eigenvalue weighted by Gasteiger charge is 2.44. The first-order chi connectivity index (χ1) is 15.5. The summed E-state index contributed by atoms with van der Waals surface area (Å²) in [7, 11) is 0. The van der Waals surface area contributed by atoms with E-state index in [0.717, 1.165) is 21.7 Å². The molecule has 180 valence electrons. The lowest BCUT2D eigenvalue weighted by atomic mass is 9.85. The summed E-state index contributed by atoms with van der Waals surface area (Å²) in [5, 5.41) is 16.5. The Morgan fingerprint density at radius 1 is 1.30 bits per heavy atom. The number of nitrogens with zero attached hydrogens (tertiary/aromatic N) is 2. The number of carbonyl (C=O) groups excluding carboxylic acids is 2. The summed E-state index contributed by atoms with van der Waals surface area (Å²) < 4.78 is 0.0901. The maximum absolute atomic E-state index is 13.4. The number of aliphatic hydroxyl groups is 1. The zero-order chi connectivity index (χ0) is 24.3. The molecule has 33 heavy (non-hydrogen) atoms. The second-order valence-electron chi connectivity index (χ2n) is 9.66. The molecule has 1 aliphatic rings. The second-order valence-corrected chi connectivity index (χ2v) is 12.4. The number of amides is 2. The Hall–Kier alpha value is -1.56. The molecule has 3 rings (SSSR count). The van der Waals surface area contributed by atoms with Gasteiger partial charge >= 0.3 is 0 Å². The van der Waals surface area contributed by atoms with E-state index >= 15 is 0 Å². The molecule has 9 heteroatoms. The minimum atomic E-state index is -0.704. The standard InChI is InChI=1S/C24H33IN4O3S/c1-14-20(33-13-27-14)17-8-6-16(7-9-17)11-26-22(31)19-10-18(30)12-29(19)23(32)21(24(3,4)5)28-15(2)25/h6-9,13,15,18-19,21,28,30H,10-12H2,1-5H3,(H,26,31)/t15?,18?,19-,21+/m0/s1. The van der Waals surface area contributed by atoms with E-state index in [1.807, 2.05) is 64.4 Å². The van der Waals surface area contributed by atoms with E-state index in [4.69, 9.17) is 0 Å². The van der Waals surface area contributed by atoms with Crippen molar-refractivity contribution >= 4 is 45.7 Å². The number of hydrogen-bond acceptors (Lipinski definition) is 6. The number of likely N-dealkylation sites (tertiary alicyclic amines) is 1.